The van der Waals surface area contributed by atoms with Gasteiger partial charge in [0.05, 0.1) is 6.54 Å². The topological polar surface area (TPSA) is 67.1 Å². The zero-order chi connectivity index (χ0) is 18.4. The first-order valence-electron chi connectivity index (χ1n) is 9.16. The lowest BCUT2D eigenvalue weighted by Gasteiger charge is -2.38. The largest absolute Gasteiger partial charge is 0.356 e. The van der Waals surface area contributed by atoms with Crippen LogP contribution in [0.15, 0.2) is 40.1 Å². The van der Waals surface area contributed by atoms with Crippen LogP contribution in [0.25, 0.3) is 0 Å². The van der Waals surface area contributed by atoms with Gasteiger partial charge in [-0.2, -0.15) is 0 Å². The average Bonchev–Trinajstić information content (AvgIpc) is 3.07. The van der Waals surface area contributed by atoms with Crippen molar-refractivity contribution in [3.63, 3.8) is 0 Å². The van der Waals surface area contributed by atoms with E-state index in [1.807, 2.05) is 11.6 Å². The smallest absolute Gasteiger partial charge is 0.191 e. The van der Waals surface area contributed by atoms with Crippen molar-refractivity contribution in [2.45, 2.75) is 44.1 Å². The van der Waals surface area contributed by atoms with Gasteiger partial charge in [0.1, 0.15) is 6.33 Å². The number of rotatable bonds is 5. The Kier molecular flexibility index (Phi) is 8.53. The van der Waals surface area contributed by atoms with Crippen LogP contribution in [0.1, 0.15) is 43.5 Å². The Balaban J connectivity index is 0.00000261. The van der Waals surface area contributed by atoms with E-state index < -0.39 is 0 Å². The monoisotopic (exact) mass is 546 g/mol. The maximum absolute atomic E-state index is 4.37. The maximum Gasteiger partial charge on any atom is 0.191 e. The zero-order valence-electron chi connectivity index (χ0n) is 15.9. The fraction of sp³-hybridized carbons (Fsp3) is 0.526. The Morgan fingerprint density at radius 1 is 1.26 bits per heavy atom. The van der Waals surface area contributed by atoms with E-state index in [1.165, 1.54) is 37.7 Å². The zero-order valence-corrected chi connectivity index (χ0v) is 19.8. The predicted molar refractivity (Wildman–Crippen MR) is 124 cm³/mol. The minimum absolute atomic E-state index is 0. The molecule has 8 heteroatoms. The molecule has 1 saturated carbocycles. The summed E-state index contributed by atoms with van der Waals surface area (Å²) in [6, 6.07) is 8.75. The molecule has 1 aliphatic carbocycles. The van der Waals surface area contributed by atoms with E-state index in [0.717, 1.165) is 22.8 Å². The van der Waals surface area contributed by atoms with Crippen LogP contribution in [-0.4, -0.2) is 34.3 Å². The molecule has 0 bridgehead atoms. The van der Waals surface area contributed by atoms with Gasteiger partial charge in [-0.15, -0.1) is 34.2 Å². The molecule has 2 N–H and O–H groups in total. The van der Waals surface area contributed by atoms with Crippen molar-refractivity contribution < 1.29 is 0 Å². The molecule has 148 valence electrons. The molecule has 27 heavy (non-hydrogen) atoms. The summed E-state index contributed by atoms with van der Waals surface area (Å²) in [5.41, 5.74) is 1.56. The first kappa shape index (κ1) is 22.1. The van der Waals surface area contributed by atoms with Crippen LogP contribution in [0.4, 0.5) is 0 Å². The molecule has 0 saturated heterocycles. The molecule has 1 heterocycles. The standard InChI is InChI=1S/C19H27BrN6.HI/c1-21-18(22-12-17-25-24-14-26(17)2)23-13-19(9-4-3-5-10-19)15-7-6-8-16(20)11-15;/h6-8,11,14H,3-5,9-10,12-13H2,1-2H3,(H2,21,22,23);1H. The average molecular weight is 547 g/mol. The van der Waals surface area contributed by atoms with Crippen molar-refractivity contribution >= 4 is 45.9 Å². The third-order valence-corrected chi connectivity index (χ3v) is 5.78. The van der Waals surface area contributed by atoms with Gasteiger partial charge in [-0.1, -0.05) is 47.3 Å². The van der Waals surface area contributed by atoms with Crippen molar-refractivity contribution in [2.24, 2.45) is 12.0 Å². The summed E-state index contributed by atoms with van der Waals surface area (Å²) in [6.45, 7) is 1.47. The Hall–Kier alpha value is -1.16. The number of halogens is 2. The summed E-state index contributed by atoms with van der Waals surface area (Å²) in [5, 5.41) is 14.9. The summed E-state index contributed by atoms with van der Waals surface area (Å²) >= 11 is 3.63. The van der Waals surface area contributed by atoms with Gasteiger partial charge in [0, 0.05) is 30.5 Å². The molecule has 0 spiro atoms. The van der Waals surface area contributed by atoms with Gasteiger partial charge in [-0.3, -0.25) is 4.99 Å². The van der Waals surface area contributed by atoms with E-state index in [1.54, 1.807) is 13.4 Å². The van der Waals surface area contributed by atoms with Crippen molar-refractivity contribution in [1.82, 2.24) is 25.4 Å². The molecule has 1 aliphatic rings. The third-order valence-electron chi connectivity index (χ3n) is 5.28. The highest BCUT2D eigenvalue weighted by atomic mass is 127. The van der Waals surface area contributed by atoms with Gasteiger partial charge >= 0.3 is 0 Å². The molecular weight excluding hydrogens is 519 g/mol. The number of guanidine groups is 1. The quantitative estimate of drug-likeness (QED) is 0.340. The number of aromatic nitrogens is 3. The number of hydrogen-bond donors (Lipinski definition) is 2. The number of aryl methyl sites for hydroxylation is 1. The molecule has 1 aromatic carbocycles. The van der Waals surface area contributed by atoms with E-state index >= 15 is 0 Å². The van der Waals surface area contributed by atoms with Gasteiger partial charge in [0.15, 0.2) is 11.8 Å². The highest BCUT2D eigenvalue weighted by molar-refractivity contribution is 14.0. The van der Waals surface area contributed by atoms with E-state index in [-0.39, 0.29) is 29.4 Å². The van der Waals surface area contributed by atoms with Gasteiger partial charge in [0.25, 0.3) is 0 Å². The molecule has 1 aromatic heterocycles. The Morgan fingerprint density at radius 2 is 2.04 bits per heavy atom. The summed E-state index contributed by atoms with van der Waals surface area (Å²) < 4.78 is 3.05. The van der Waals surface area contributed by atoms with Gasteiger partial charge < -0.3 is 15.2 Å². The van der Waals surface area contributed by atoms with Crippen molar-refractivity contribution in [3.05, 3.63) is 46.5 Å². The fourth-order valence-electron chi connectivity index (χ4n) is 3.72. The van der Waals surface area contributed by atoms with Crippen LogP contribution >= 0.6 is 39.9 Å². The molecule has 0 unspecified atom stereocenters. The fourth-order valence-corrected chi connectivity index (χ4v) is 4.12. The van der Waals surface area contributed by atoms with Crippen LogP contribution in [0.3, 0.4) is 0 Å². The number of aliphatic imine (C=N–C) groups is 1. The highest BCUT2D eigenvalue weighted by Crippen LogP contribution is 2.39. The molecule has 3 rings (SSSR count). The minimum Gasteiger partial charge on any atom is -0.356 e. The summed E-state index contributed by atoms with van der Waals surface area (Å²) in [7, 11) is 3.75. The van der Waals surface area contributed by atoms with E-state index in [9.17, 15) is 0 Å². The molecule has 0 atom stereocenters. The first-order chi connectivity index (χ1) is 12.6. The highest BCUT2D eigenvalue weighted by Gasteiger charge is 2.34. The summed E-state index contributed by atoms with van der Waals surface area (Å²) in [4.78, 5) is 4.37. The van der Waals surface area contributed by atoms with E-state index in [4.69, 9.17) is 0 Å². The number of nitrogens with zero attached hydrogens (tertiary/aromatic N) is 4. The molecule has 0 amide bonds. The van der Waals surface area contributed by atoms with Gasteiger partial charge in [-0.25, -0.2) is 0 Å². The van der Waals surface area contributed by atoms with Gasteiger partial charge in [0.2, 0.25) is 0 Å². The minimum atomic E-state index is 0. The summed E-state index contributed by atoms with van der Waals surface area (Å²) in [6.07, 6.45) is 8.00. The molecule has 0 radical (unpaired) electrons. The van der Waals surface area contributed by atoms with E-state index in [2.05, 4.69) is 66.0 Å². The Labute approximate surface area is 186 Å². The van der Waals surface area contributed by atoms with Crippen LogP contribution in [0, 0.1) is 0 Å². The van der Waals surface area contributed by atoms with Crippen LogP contribution in [0.5, 0.6) is 0 Å². The normalized spacial score (nSPS) is 16.5. The lowest BCUT2D eigenvalue weighted by atomic mass is 9.69. The lowest BCUT2D eigenvalue weighted by Crippen LogP contribution is -2.46. The Bertz CT molecular complexity index is 754. The third kappa shape index (κ3) is 5.66. The number of hydrogen-bond acceptors (Lipinski definition) is 3. The number of benzene rings is 1. The van der Waals surface area contributed by atoms with Crippen LogP contribution < -0.4 is 10.6 Å². The molecule has 1 fully saturated rings. The molecule has 6 nitrogen and oxygen atoms in total. The maximum atomic E-state index is 4.37. The van der Waals surface area contributed by atoms with Gasteiger partial charge in [-0.05, 0) is 30.5 Å². The van der Waals surface area contributed by atoms with Crippen LogP contribution in [0.2, 0.25) is 0 Å². The van der Waals surface area contributed by atoms with Crippen LogP contribution in [-0.2, 0) is 19.0 Å². The summed E-state index contributed by atoms with van der Waals surface area (Å²) in [5.74, 6) is 1.68. The van der Waals surface area contributed by atoms with Crippen molar-refractivity contribution in [1.29, 1.82) is 0 Å². The Morgan fingerprint density at radius 3 is 2.67 bits per heavy atom. The molecule has 2 aromatic rings. The predicted octanol–water partition coefficient (Wildman–Crippen LogP) is 3.76. The SMILES string of the molecule is CN=C(NCc1nncn1C)NCC1(c2cccc(Br)c2)CCCCC1.I. The second-order valence-electron chi connectivity index (χ2n) is 6.99. The van der Waals surface area contributed by atoms with Crippen molar-refractivity contribution in [2.75, 3.05) is 13.6 Å². The first-order valence-corrected chi connectivity index (χ1v) is 9.96. The second-order valence-corrected chi connectivity index (χ2v) is 7.90. The molecular formula is C19H28BrIN6. The number of nitrogens with one attached hydrogen (secondary N) is 2. The van der Waals surface area contributed by atoms with Crippen molar-refractivity contribution in [3.8, 4) is 0 Å². The molecule has 0 aliphatic heterocycles. The lowest BCUT2D eigenvalue weighted by molar-refractivity contribution is 0.291. The van der Waals surface area contributed by atoms with E-state index in [0.29, 0.717) is 6.54 Å². The second kappa shape index (κ2) is 10.4.